The van der Waals surface area contributed by atoms with Gasteiger partial charge in [0.1, 0.15) is 0 Å². The van der Waals surface area contributed by atoms with Gasteiger partial charge in [0.15, 0.2) is 0 Å². The Morgan fingerprint density at radius 2 is 1.95 bits per heavy atom. The molecule has 0 aromatic heterocycles. The van der Waals surface area contributed by atoms with Gasteiger partial charge in [-0.25, -0.2) is 0 Å². The van der Waals surface area contributed by atoms with Gasteiger partial charge in [-0.15, -0.1) is 0 Å². The summed E-state index contributed by atoms with van der Waals surface area (Å²) in [5.41, 5.74) is 3.30. The zero-order valence-corrected chi connectivity index (χ0v) is 11.6. The quantitative estimate of drug-likeness (QED) is 0.904. The predicted molar refractivity (Wildman–Crippen MR) is 77.7 cm³/mol. The highest BCUT2D eigenvalue weighted by atomic mass is 16.1. The van der Waals surface area contributed by atoms with E-state index in [0.29, 0.717) is 6.04 Å². The van der Waals surface area contributed by atoms with Crippen molar-refractivity contribution in [3.8, 4) is 0 Å². The summed E-state index contributed by atoms with van der Waals surface area (Å²) in [4.78, 5) is 14.5. The van der Waals surface area contributed by atoms with Crippen molar-refractivity contribution in [1.29, 1.82) is 0 Å². The lowest BCUT2D eigenvalue weighted by molar-refractivity contribution is 0.0951. The Balaban J connectivity index is 1.74. The number of nitrogens with zero attached hydrogens (tertiary/aromatic N) is 1. The highest BCUT2D eigenvalue weighted by molar-refractivity contribution is 5.95. The van der Waals surface area contributed by atoms with Crippen LogP contribution in [0, 0.1) is 6.92 Å². The predicted octanol–water partition coefficient (Wildman–Crippen LogP) is 2.88. The van der Waals surface area contributed by atoms with Crippen LogP contribution in [0.1, 0.15) is 48.0 Å². The molecule has 0 radical (unpaired) electrons. The standard InChI is InChI=1S/C16H22N2O/c1-12-11-13(16(19)17-14-6-7-14)5-8-15(12)18-9-3-2-4-10-18/h5,8,11,14H,2-4,6-7,9-10H2,1H3,(H,17,19). The summed E-state index contributed by atoms with van der Waals surface area (Å²) in [6.45, 7) is 4.40. The maximum absolute atomic E-state index is 12.0. The molecule has 2 aliphatic rings. The van der Waals surface area contributed by atoms with E-state index in [1.165, 1.54) is 30.5 Å². The first kappa shape index (κ1) is 12.5. The highest BCUT2D eigenvalue weighted by Crippen LogP contribution is 2.25. The average Bonchev–Trinajstić information content (AvgIpc) is 3.23. The molecule has 3 nitrogen and oxygen atoms in total. The van der Waals surface area contributed by atoms with Crippen LogP contribution >= 0.6 is 0 Å². The number of benzene rings is 1. The summed E-state index contributed by atoms with van der Waals surface area (Å²) in [6, 6.07) is 6.54. The van der Waals surface area contributed by atoms with E-state index < -0.39 is 0 Å². The van der Waals surface area contributed by atoms with Crippen molar-refractivity contribution in [2.24, 2.45) is 0 Å². The molecule has 3 rings (SSSR count). The largest absolute Gasteiger partial charge is 0.371 e. The van der Waals surface area contributed by atoms with Gasteiger partial charge in [-0.2, -0.15) is 0 Å². The van der Waals surface area contributed by atoms with E-state index in [1.807, 2.05) is 12.1 Å². The zero-order valence-electron chi connectivity index (χ0n) is 11.6. The third-order valence-corrected chi connectivity index (χ3v) is 4.07. The zero-order chi connectivity index (χ0) is 13.2. The summed E-state index contributed by atoms with van der Waals surface area (Å²) in [5.74, 6) is 0.0794. The minimum absolute atomic E-state index is 0.0794. The Bertz CT molecular complexity index is 474. The minimum atomic E-state index is 0.0794. The second-order valence-electron chi connectivity index (χ2n) is 5.80. The average molecular weight is 258 g/mol. The van der Waals surface area contributed by atoms with Crippen LogP contribution in [-0.2, 0) is 0 Å². The van der Waals surface area contributed by atoms with Crippen molar-refractivity contribution in [3.05, 3.63) is 29.3 Å². The molecule has 1 aliphatic carbocycles. The number of piperidine rings is 1. The lowest BCUT2D eigenvalue weighted by Crippen LogP contribution is -2.30. The fourth-order valence-corrected chi connectivity index (χ4v) is 2.78. The molecule has 0 unspecified atom stereocenters. The molecule has 1 aromatic carbocycles. The summed E-state index contributed by atoms with van der Waals surface area (Å²) in [5, 5.41) is 3.04. The minimum Gasteiger partial charge on any atom is -0.371 e. The van der Waals surface area contributed by atoms with Crippen LogP contribution < -0.4 is 10.2 Å². The van der Waals surface area contributed by atoms with Crippen LogP contribution in [0.2, 0.25) is 0 Å². The Morgan fingerprint density at radius 3 is 2.58 bits per heavy atom. The maximum atomic E-state index is 12.0. The number of aryl methyl sites for hydroxylation is 1. The molecule has 1 saturated heterocycles. The van der Waals surface area contributed by atoms with E-state index in [1.54, 1.807) is 0 Å². The molecule has 1 aliphatic heterocycles. The first-order valence-electron chi connectivity index (χ1n) is 7.40. The molecule has 3 heteroatoms. The van der Waals surface area contributed by atoms with Gasteiger partial charge >= 0.3 is 0 Å². The van der Waals surface area contributed by atoms with E-state index in [9.17, 15) is 4.79 Å². The van der Waals surface area contributed by atoms with Crippen LogP contribution in [0.3, 0.4) is 0 Å². The monoisotopic (exact) mass is 258 g/mol. The number of amides is 1. The van der Waals surface area contributed by atoms with Gasteiger partial charge < -0.3 is 10.2 Å². The highest BCUT2D eigenvalue weighted by Gasteiger charge is 2.24. The third kappa shape index (κ3) is 2.91. The molecule has 2 fully saturated rings. The van der Waals surface area contributed by atoms with Crippen LogP contribution in [0.25, 0.3) is 0 Å². The smallest absolute Gasteiger partial charge is 0.251 e. The second kappa shape index (κ2) is 5.24. The van der Waals surface area contributed by atoms with Crippen molar-refractivity contribution in [2.45, 2.75) is 45.1 Å². The van der Waals surface area contributed by atoms with Crippen LogP contribution in [-0.4, -0.2) is 25.0 Å². The lowest BCUT2D eigenvalue weighted by atomic mass is 10.1. The van der Waals surface area contributed by atoms with Gasteiger partial charge in [0, 0.05) is 30.4 Å². The van der Waals surface area contributed by atoms with Crippen molar-refractivity contribution in [2.75, 3.05) is 18.0 Å². The van der Waals surface area contributed by atoms with Gasteiger partial charge in [-0.05, 0) is 62.8 Å². The summed E-state index contributed by atoms with van der Waals surface area (Å²) >= 11 is 0. The van der Waals surface area contributed by atoms with Crippen molar-refractivity contribution >= 4 is 11.6 Å². The van der Waals surface area contributed by atoms with Crippen molar-refractivity contribution in [3.63, 3.8) is 0 Å². The summed E-state index contributed by atoms with van der Waals surface area (Å²) in [6.07, 6.45) is 6.18. The molecule has 102 valence electrons. The molecule has 0 bridgehead atoms. The molecule has 1 heterocycles. The third-order valence-electron chi connectivity index (χ3n) is 4.07. The van der Waals surface area contributed by atoms with Crippen LogP contribution in [0.15, 0.2) is 18.2 Å². The first-order chi connectivity index (χ1) is 9.24. The van der Waals surface area contributed by atoms with E-state index in [2.05, 4.69) is 23.2 Å². The SMILES string of the molecule is Cc1cc(C(=O)NC2CC2)ccc1N1CCCCC1. The summed E-state index contributed by atoms with van der Waals surface area (Å²) < 4.78 is 0. The molecule has 1 amide bonds. The first-order valence-corrected chi connectivity index (χ1v) is 7.40. The lowest BCUT2D eigenvalue weighted by Gasteiger charge is -2.30. The molecule has 1 aromatic rings. The maximum Gasteiger partial charge on any atom is 0.251 e. The Morgan fingerprint density at radius 1 is 1.21 bits per heavy atom. The van der Waals surface area contributed by atoms with Crippen molar-refractivity contribution < 1.29 is 4.79 Å². The van der Waals surface area contributed by atoms with E-state index in [0.717, 1.165) is 31.5 Å². The van der Waals surface area contributed by atoms with Crippen LogP contribution in [0.5, 0.6) is 0 Å². The van der Waals surface area contributed by atoms with Gasteiger partial charge in [-0.3, -0.25) is 4.79 Å². The summed E-state index contributed by atoms with van der Waals surface area (Å²) in [7, 11) is 0. The fourth-order valence-electron chi connectivity index (χ4n) is 2.78. The Kier molecular flexibility index (Phi) is 3.45. The number of anilines is 1. The molecule has 1 N–H and O–H groups in total. The Hall–Kier alpha value is -1.51. The number of carbonyl (C=O) groups is 1. The fraction of sp³-hybridized carbons (Fsp3) is 0.562. The van der Waals surface area contributed by atoms with E-state index in [-0.39, 0.29) is 5.91 Å². The topological polar surface area (TPSA) is 32.3 Å². The van der Waals surface area contributed by atoms with Gasteiger partial charge in [0.2, 0.25) is 0 Å². The number of rotatable bonds is 3. The second-order valence-corrected chi connectivity index (χ2v) is 5.80. The van der Waals surface area contributed by atoms with E-state index in [4.69, 9.17) is 0 Å². The molecule has 0 spiro atoms. The molecule has 19 heavy (non-hydrogen) atoms. The van der Waals surface area contributed by atoms with E-state index >= 15 is 0 Å². The number of hydrogen-bond acceptors (Lipinski definition) is 2. The van der Waals surface area contributed by atoms with Gasteiger partial charge in [0.05, 0.1) is 0 Å². The normalized spacial score (nSPS) is 19.3. The van der Waals surface area contributed by atoms with Crippen LogP contribution in [0.4, 0.5) is 5.69 Å². The number of nitrogens with one attached hydrogen (secondary N) is 1. The molecule has 1 saturated carbocycles. The molecular formula is C16H22N2O. The van der Waals surface area contributed by atoms with Gasteiger partial charge in [0.25, 0.3) is 5.91 Å². The van der Waals surface area contributed by atoms with Crippen molar-refractivity contribution in [1.82, 2.24) is 5.32 Å². The number of carbonyl (C=O) groups excluding carboxylic acids is 1. The number of hydrogen-bond donors (Lipinski definition) is 1. The Labute approximate surface area is 115 Å². The molecular weight excluding hydrogens is 236 g/mol. The molecule has 0 atom stereocenters. The van der Waals surface area contributed by atoms with Gasteiger partial charge in [-0.1, -0.05) is 0 Å².